The average molecular weight is 328 g/mol. The van der Waals surface area contributed by atoms with E-state index in [4.69, 9.17) is 0 Å². The Hall–Kier alpha value is -2.21. The van der Waals surface area contributed by atoms with Crippen LogP contribution in [0, 0.1) is 6.92 Å². The first-order valence-corrected chi connectivity index (χ1v) is 8.71. The molecule has 1 aliphatic rings. The number of anilines is 1. The molecular weight excluding hydrogens is 308 g/mol. The van der Waals surface area contributed by atoms with Crippen molar-refractivity contribution in [3.8, 4) is 0 Å². The van der Waals surface area contributed by atoms with Gasteiger partial charge in [-0.2, -0.15) is 16.4 Å². The van der Waals surface area contributed by atoms with Crippen LogP contribution in [-0.4, -0.2) is 47.2 Å². The highest BCUT2D eigenvalue weighted by atomic mass is 32.1. The molecule has 2 aromatic rings. The highest BCUT2D eigenvalue weighted by Crippen LogP contribution is 2.14. The van der Waals surface area contributed by atoms with Crippen molar-refractivity contribution < 1.29 is 4.79 Å². The number of nitrogens with zero attached hydrogens (tertiary/aromatic N) is 4. The molecule has 3 rings (SSSR count). The third kappa shape index (κ3) is 4.16. The van der Waals surface area contributed by atoms with E-state index in [0.717, 1.165) is 43.1 Å². The van der Waals surface area contributed by atoms with Crippen LogP contribution in [0.5, 0.6) is 0 Å². The number of hydrogen-bond donors (Lipinski definition) is 0. The van der Waals surface area contributed by atoms with E-state index < -0.39 is 0 Å². The van der Waals surface area contributed by atoms with Gasteiger partial charge in [-0.25, -0.2) is 0 Å². The zero-order valence-electron chi connectivity index (χ0n) is 13.2. The fourth-order valence-corrected chi connectivity index (χ4v) is 3.20. The molecule has 23 heavy (non-hydrogen) atoms. The molecule has 0 unspecified atom stereocenters. The van der Waals surface area contributed by atoms with Crippen LogP contribution in [0.4, 0.5) is 5.82 Å². The lowest BCUT2D eigenvalue weighted by Gasteiger charge is -2.21. The number of thiophene rings is 1. The van der Waals surface area contributed by atoms with Crippen molar-refractivity contribution in [2.75, 3.05) is 31.1 Å². The van der Waals surface area contributed by atoms with E-state index in [2.05, 4.69) is 15.1 Å². The maximum absolute atomic E-state index is 12.3. The molecule has 3 heterocycles. The summed E-state index contributed by atoms with van der Waals surface area (Å²) in [7, 11) is 0. The summed E-state index contributed by atoms with van der Waals surface area (Å²) >= 11 is 1.63. The summed E-state index contributed by atoms with van der Waals surface area (Å²) in [6, 6.07) is 5.98. The molecule has 0 aromatic carbocycles. The number of carbonyl (C=O) groups is 1. The third-order valence-electron chi connectivity index (χ3n) is 3.88. The van der Waals surface area contributed by atoms with Crippen LogP contribution in [0.1, 0.15) is 17.7 Å². The van der Waals surface area contributed by atoms with Crippen molar-refractivity contribution in [2.24, 2.45) is 0 Å². The highest BCUT2D eigenvalue weighted by molar-refractivity contribution is 7.08. The standard InChI is InChI=1S/C17H20N4OS/c1-14-3-5-16(19-18-14)20-8-2-9-21(11-10-20)17(22)6-4-15-7-12-23-13-15/h3-7,12-13H,2,8-11H2,1H3. The first-order chi connectivity index (χ1) is 11.2. The Kier molecular flexibility index (Phi) is 5.02. The van der Waals surface area contributed by atoms with Crippen LogP contribution in [-0.2, 0) is 4.79 Å². The summed E-state index contributed by atoms with van der Waals surface area (Å²) in [5, 5.41) is 12.4. The lowest BCUT2D eigenvalue weighted by atomic mass is 10.3. The Morgan fingerprint density at radius 3 is 2.83 bits per heavy atom. The first kappa shape index (κ1) is 15.7. The van der Waals surface area contributed by atoms with Crippen LogP contribution < -0.4 is 4.90 Å². The summed E-state index contributed by atoms with van der Waals surface area (Å²) in [5.41, 5.74) is 1.99. The number of aromatic nitrogens is 2. The van der Waals surface area contributed by atoms with E-state index in [0.29, 0.717) is 6.54 Å². The molecule has 0 aliphatic carbocycles. The molecule has 0 spiro atoms. The zero-order chi connectivity index (χ0) is 16.1. The minimum absolute atomic E-state index is 0.0769. The minimum atomic E-state index is 0.0769. The molecule has 0 saturated carbocycles. The van der Waals surface area contributed by atoms with Gasteiger partial charge in [-0.3, -0.25) is 4.79 Å². The maximum atomic E-state index is 12.3. The number of carbonyl (C=O) groups excluding carboxylic acids is 1. The topological polar surface area (TPSA) is 49.3 Å². The van der Waals surface area contributed by atoms with Crippen LogP contribution >= 0.6 is 11.3 Å². The van der Waals surface area contributed by atoms with Gasteiger partial charge in [0.1, 0.15) is 0 Å². The molecule has 0 atom stereocenters. The maximum Gasteiger partial charge on any atom is 0.246 e. The van der Waals surface area contributed by atoms with Gasteiger partial charge in [0.15, 0.2) is 5.82 Å². The monoisotopic (exact) mass is 328 g/mol. The molecule has 1 saturated heterocycles. The fraction of sp³-hybridized carbons (Fsp3) is 0.353. The second kappa shape index (κ2) is 7.37. The van der Waals surface area contributed by atoms with E-state index >= 15 is 0 Å². The van der Waals surface area contributed by atoms with E-state index in [-0.39, 0.29) is 5.91 Å². The normalized spacial score (nSPS) is 15.9. The molecule has 0 bridgehead atoms. The Balaban J connectivity index is 1.59. The molecule has 1 amide bonds. The van der Waals surface area contributed by atoms with Crippen molar-refractivity contribution in [2.45, 2.75) is 13.3 Å². The number of aryl methyl sites for hydroxylation is 1. The quantitative estimate of drug-likeness (QED) is 0.813. The first-order valence-electron chi connectivity index (χ1n) is 7.77. The van der Waals surface area contributed by atoms with Gasteiger partial charge < -0.3 is 9.80 Å². The van der Waals surface area contributed by atoms with E-state index in [9.17, 15) is 4.79 Å². The van der Waals surface area contributed by atoms with Gasteiger partial charge in [0.25, 0.3) is 0 Å². The fourth-order valence-electron chi connectivity index (χ4n) is 2.57. The summed E-state index contributed by atoms with van der Waals surface area (Å²) in [4.78, 5) is 16.4. The van der Waals surface area contributed by atoms with Crippen molar-refractivity contribution in [3.63, 3.8) is 0 Å². The van der Waals surface area contributed by atoms with Gasteiger partial charge >= 0.3 is 0 Å². The van der Waals surface area contributed by atoms with Gasteiger partial charge in [0, 0.05) is 32.3 Å². The van der Waals surface area contributed by atoms with Gasteiger partial charge in [-0.15, -0.1) is 5.10 Å². The predicted octanol–water partition coefficient (Wildman–Crippen LogP) is 2.60. The summed E-state index contributed by atoms with van der Waals surface area (Å²) < 4.78 is 0. The minimum Gasteiger partial charge on any atom is -0.353 e. The van der Waals surface area contributed by atoms with E-state index in [1.54, 1.807) is 17.4 Å². The molecule has 120 valence electrons. The van der Waals surface area contributed by atoms with Gasteiger partial charge in [-0.05, 0) is 53.9 Å². The van der Waals surface area contributed by atoms with Crippen molar-refractivity contribution >= 4 is 29.1 Å². The molecule has 0 N–H and O–H groups in total. The van der Waals surface area contributed by atoms with Gasteiger partial charge in [0.2, 0.25) is 5.91 Å². The van der Waals surface area contributed by atoms with Crippen LogP contribution in [0.25, 0.3) is 6.08 Å². The van der Waals surface area contributed by atoms with Crippen LogP contribution in [0.2, 0.25) is 0 Å². The zero-order valence-corrected chi connectivity index (χ0v) is 14.0. The van der Waals surface area contributed by atoms with Crippen molar-refractivity contribution in [1.29, 1.82) is 0 Å². The molecule has 1 aliphatic heterocycles. The summed E-state index contributed by atoms with van der Waals surface area (Å²) in [6.07, 6.45) is 4.49. The Morgan fingerprint density at radius 1 is 1.17 bits per heavy atom. The third-order valence-corrected chi connectivity index (χ3v) is 4.58. The van der Waals surface area contributed by atoms with Gasteiger partial charge in [0.05, 0.1) is 5.69 Å². The smallest absolute Gasteiger partial charge is 0.246 e. The number of amides is 1. The van der Waals surface area contributed by atoms with Crippen LogP contribution in [0.3, 0.4) is 0 Å². The molecular formula is C17H20N4OS. The summed E-state index contributed by atoms with van der Waals surface area (Å²) in [6.45, 7) is 5.11. The second-order valence-electron chi connectivity index (χ2n) is 5.59. The Labute approximate surface area is 140 Å². The van der Waals surface area contributed by atoms with Crippen LogP contribution in [0.15, 0.2) is 35.0 Å². The molecule has 5 nitrogen and oxygen atoms in total. The Morgan fingerprint density at radius 2 is 2.09 bits per heavy atom. The SMILES string of the molecule is Cc1ccc(N2CCCN(C(=O)C=Cc3ccsc3)CC2)nn1. The largest absolute Gasteiger partial charge is 0.353 e. The summed E-state index contributed by atoms with van der Waals surface area (Å²) in [5.74, 6) is 0.965. The lowest BCUT2D eigenvalue weighted by Crippen LogP contribution is -2.34. The Bertz CT molecular complexity index is 666. The molecule has 6 heteroatoms. The van der Waals surface area contributed by atoms with E-state index in [1.165, 1.54) is 0 Å². The van der Waals surface area contributed by atoms with Crippen molar-refractivity contribution in [3.05, 3.63) is 46.3 Å². The second-order valence-corrected chi connectivity index (χ2v) is 6.37. The lowest BCUT2D eigenvalue weighted by molar-refractivity contribution is -0.125. The highest BCUT2D eigenvalue weighted by Gasteiger charge is 2.18. The molecule has 1 fully saturated rings. The average Bonchev–Trinajstić information content (AvgIpc) is 2.96. The molecule has 2 aromatic heterocycles. The van der Waals surface area contributed by atoms with Gasteiger partial charge in [-0.1, -0.05) is 0 Å². The van der Waals surface area contributed by atoms with Crippen molar-refractivity contribution in [1.82, 2.24) is 15.1 Å². The van der Waals surface area contributed by atoms with E-state index in [1.807, 2.05) is 46.9 Å². The molecule has 0 radical (unpaired) electrons. The number of hydrogen-bond acceptors (Lipinski definition) is 5. The number of rotatable bonds is 3. The predicted molar refractivity (Wildman–Crippen MR) is 93.5 cm³/mol.